The molecule has 1 atom stereocenters. The van der Waals surface area contributed by atoms with Crippen LogP contribution in [0, 0.1) is 11.3 Å². The molecule has 1 unspecified atom stereocenters. The SMILES string of the molecule is C[Si](C)(C)N(C1=C(C#N)C(c2ccccc2)c2ccc(-c3ccccc3)cc21)[Si](C)(C)C. The molecule has 0 aromatic heterocycles. The number of nitriles is 1. The third-order valence-electron chi connectivity index (χ3n) is 6.09. The van der Waals surface area contributed by atoms with Crippen molar-refractivity contribution in [1.29, 1.82) is 5.26 Å². The van der Waals surface area contributed by atoms with Gasteiger partial charge in [-0.2, -0.15) is 5.26 Å². The summed E-state index contributed by atoms with van der Waals surface area (Å²) in [4.78, 5) is 0. The standard InChI is InChI=1S/C28H32N2Si2/c1-31(2,3)30(32(4,5)6)28-25-19-23(21-13-9-7-10-14-21)17-18-24(25)27(26(28)20-29)22-15-11-8-12-16-22/h7-19,27H,1-6H3. The van der Waals surface area contributed by atoms with Gasteiger partial charge in [-0.25, -0.2) is 0 Å². The van der Waals surface area contributed by atoms with E-state index in [-0.39, 0.29) is 5.92 Å². The maximum Gasteiger partial charge on any atom is 0.138 e. The first-order chi connectivity index (χ1) is 15.1. The van der Waals surface area contributed by atoms with Gasteiger partial charge in [0.25, 0.3) is 0 Å². The molecule has 0 aliphatic heterocycles. The van der Waals surface area contributed by atoms with Gasteiger partial charge in [0.15, 0.2) is 0 Å². The highest BCUT2D eigenvalue weighted by molar-refractivity contribution is 6.91. The van der Waals surface area contributed by atoms with Crippen LogP contribution in [0.4, 0.5) is 0 Å². The first-order valence-electron chi connectivity index (χ1n) is 11.3. The minimum absolute atomic E-state index is 0.00813. The Morgan fingerprint density at radius 2 is 1.28 bits per heavy atom. The van der Waals surface area contributed by atoms with E-state index in [1.807, 2.05) is 6.07 Å². The summed E-state index contributed by atoms with van der Waals surface area (Å²) in [6, 6.07) is 30.6. The Kier molecular flexibility index (Phi) is 5.74. The van der Waals surface area contributed by atoms with Crippen LogP contribution in [0.1, 0.15) is 22.6 Å². The van der Waals surface area contributed by atoms with Gasteiger partial charge in [-0.05, 0) is 28.3 Å². The van der Waals surface area contributed by atoms with Crippen LogP contribution in [0.15, 0.2) is 84.4 Å². The van der Waals surface area contributed by atoms with Gasteiger partial charge in [0.05, 0.1) is 11.6 Å². The summed E-state index contributed by atoms with van der Waals surface area (Å²) in [7, 11) is -3.51. The molecule has 0 N–H and O–H groups in total. The lowest BCUT2D eigenvalue weighted by atomic mass is 9.88. The quantitative estimate of drug-likeness (QED) is 0.371. The third-order valence-corrected chi connectivity index (χ3v) is 13.2. The Balaban J connectivity index is 2.03. The smallest absolute Gasteiger partial charge is 0.138 e. The second kappa shape index (κ2) is 8.24. The second-order valence-electron chi connectivity index (χ2n) is 10.6. The van der Waals surface area contributed by atoms with E-state index in [9.17, 15) is 5.26 Å². The Bertz CT molecular complexity index is 1180. The molecule has 0 amide bonds. The van der Waals surface area contributed by atoms with E-state index >= 15 is 0 Å². The summed E-state index contributed by atoms with van der Waals surface area (Å²) in [5.74, 6) is -0.00813. The predicted octanol–water partition coefficient (Wildman–Crippen LogP) is 7.71. The molecule has 3 aromatic rings. The monoisotopic (exact) mass is 452 g/mol. The number of hydrogen-bond donors (Lipinski definition) is 0. The van der Waals surface area contributed by atoms with Crippen LogP contribution in [0.3, 0.4) is 0 Å². The number of fused-ring (bicyclic) bond motifs is 1. The minimum atomic E-state index is -1.75. The van der Waals surface area contributed by atoms with Crippen LogP contribution in [0.5, 0.6) is 0 Å². The van der Waals surface area contributed by atoms with Crippen molar-refractivity contribution in [2.45, 2.75) is 45.2 Å². The molecule has 0 saturated carbocycles. The molecule has 0 heterocycles. The van der Waals surface area contributed by atoms with E-state index in [0.29, 0.717) is 0 Å². The normalized spacial score (nSPS) is 16.0. The first-order valence-corrected chi connectivity index (χ1v) is 18.2. The highest BCUT2D eigenvalue weighted by Crippen LogP contribution is 2.50. The first kappa shape index (κ1) is 22.3. The number of allylic oxidation sites excluding steroid dienone is 1. The van der Waals surface area contributed by atoms with Crippen LogP contribution >= 0.6 is 0 Å². The molecule has 1 aliphatic rings. The van der Waals surface area contributed by atoms with Crippen molar-refractivity contribution in [2.75, 3.05) is 0 Å². The minimum Gasteiger partial charge on any atom is -0.423 e. The van der Waals surface area contributed by atoms with Crippen LogP contribution in [0.25, 0.3) is 16.8 Å². The Morgan fingerprint density at radius 3 is 1.81 bits per heavy atom. The van der Waals surface area contributed by atoms with E-state index in [0.717, 1.165) is 5.57 Å². The zero-order valence-electron chi connectivity index (χ0n) is 20.0. The van der Waals surface area contributed by atoms with Crippen molar-refractivity contribution in [1.82, 2.24) is 4.23 Å². The number of hydrogen-bond acceptors (Lipinski definition) is 2. The lowest BCUT2D eigenvalue weighted by molar-refractivity contribution is 0.856. The van der Waals surface area contributed by atoms with Gasteiger partial charge in [0.1, 0.15) is 16.5 Å². The maximum absolute atomic E-state index is 10.5. The predicted molar refractivity (Wildman–Crippen MR) is 141 cm³/mol. The van der Waals surface area contributed by atoms with E-state index in [2.05, 4.69) is 122 Å². The molecule has 0 spiro atoms. The van der Waals surface area contributed by atoms with Gasteiger partial charge in [0, 0.05) is 17.2 Å². The van der Waals surface area contributed by atoms with Gasteiger partial charge in [0.2, 0.25) is 0 Å². The molecule has 4 rings (SSSR count). The molecule has 162 valence electrons. The zero-order valence-corrected chi connectivity index (χ0v) is 22.0. The van der Waals surface area contributed by atoms with Crippen molar-refractivity contribution in [3.63, 3.8) is 0 Å². The second-order valence-corrected chi connectivity index (χ2v) is 20.6. The van der Waals surface area contributed by atoms with Crippen LogP contribution in [0.2, 0.25) is 39.3 Å². The molecule has 0 saturated heterocycles. The summed E-state index contributed by atoms with van der Waals surface area (Å²) in [6.45, 7) is 14.4. The van der Waals surface area contributed by atoms with E-state index in [1.165, 1.54) is 33.5 Å². The summed E-state index contributed by atoms with van der Waals surface area (Å²) in [6.07, 6.45) is 0. The van der Waals surface area contributed by atoms with E-state index < -0.39 is 16.5 Å². The van der Waals surface area contributed by atoms with Crippen molar-refractivity contribution in [3.05, 3.63) is 101 Å². The molecule has 32 heavy (non-hydrogen) atoms. The molecular weight excluding hydrogens is 420 g/mol. The number of nitrogens with zero attached hydrogens (tertiary/aromatic N) is 2. The van der Waals surface area contributed by atoms with Crippen LogP contribution in [-0.2, 0) is 0 Å². The molecule has 1 aliphatic carbocycles. The molecule has 3 aromatic carbocycles. The van der Waals surface area contributed by atoms with Gasteiger partial charge >= 0.3 is 0 Å². The summed E-state index contributed by atoms with van der Waals surface area (Å²) in [5, 5.41) is 10.5. The molecule has 0 radical (unpaired) electrons. The van der Waals surface area contributed by atoms with Crippen LogP contribution < -0.4 is 0 Å². The van der Waals surface area contributed by atoms with Crippen molar-refractivity contribution >= 4 is 22.2 Å². The van der Waals surface area contributed by atoms with E-state index in [1.54, 1.807) is 0 Å². The molecule has 2 nitrogen and oxygen atoms in total. The number of rotatable bonds is 5. The highest BCUT2D eigenvalue weighted by Gasteiger charge is 2.43. The van der Waals surface area contributed by atoms with E-state index in [4.69, 9.17) is 0 Å². The van der Waals surface area contributed by atoms with Crippen molar-refractivity contribution < 1.29 is 0 Å². The molecular formula is C28H32N2Si2. The Morgan fingerprint density at radius 1 is 0.719 bits per heavy atom. The fourth-order valence-electron chi connectivity index (χ4n) is 5.29. The third kappa shape index (κ3) is 3.99. The van der Waals surface area contributed by atoms with Gasteiger partial charge in [-0.3, -0.25) is 0 Å². The topological polar surface area (TPSA) is 27.0 Å². The zero-order chi connectivity index (χ0) is 23.1. The van der Waals surface area contributed by atoms with Crippen molar-refractivity contribution in [2.24, 2.45) is 0 Å². The molecule has 0 fully saturated rings. The average Bonchev–Trinajstić information content (AvgIpc) is 3.06. The largest absolute Gasteiger partial charge is 0.423 e. The molecule has 4 heteroatoms. The summed E-state index contributed by atoms with van der Waals surface area (Å²) >= 11 is 0. The summed E-state index contributed by atoms with van der Waals surface area (Å²) < 4.78 is 2.72. The van der Waals surface area contributed by atoms with Gasteiger partial charge < -0.3 is 4.23 Å². The van der Waals surface area contributed by atoms with Gasteiger partial charge in [-0.1, -0.05) is 112 Å². The maximum atomic E-state index is 10.5. The fourth-order valence-corrected chi connectivity index (χ4v) is 15.2. The average molecular weight is 453 g/mol. The lowest BCUT2D eigenvalue weighted by Crippen LogP contribution is -2.57. The Labute approximate surface area is 195 Å². The summed E-state index contributed by atoms with van der Waals surface area (Å²) in [5.41, 5.74) is 8.20. The van der Waals surface area contributed by atoms with Crippen molar-refractivity contribution in [3.8, 4) is 17.2 Å². The van der Waals surface area contributed by atoms with Gasteiger partial charge in [-0.15, -0.1) is 0 Å². The van der Waals surface area contributed by atoms with Crippen LogP contribution in [-0.4, -0.2) is 20.7 Å². The lowest BCUT2D eigenvalue weighted by Gasteiger charge is -2.47. The Hall–Kier alpha value is -2.88. The number of benzene rings is 3. The highest BCUT2D eigenvalue weighted by atomic mass is 28.4. The fraction of sp³-hybridized carbons (Fsp3) is 0.250. The molecule has 0 bridgehead atoms.